The zero-order valence-electron chi connectivity index (χ0n) is 13.1. The zero-order chi connectivity index (χ0) is 15.4. The van der Waals surface area contributed by atoms with Crippen molar-refractivity contribution in [2.24, 2.45) is 11.8 Å². The van der Waals surface area contributed by atoms with Gasteiger partial charge in [0.2, 0.25) is 0 Å². The van der Waals surface area contributed by atoms with Crippen LogP contribution in [0.15, 0.2) is 24.0 Å². The molecule has 0 spiro atoms. The number of benzene rings is 1. The maximum atomic E-state index is 13.0. The van der Waals surface area contributed by atoms with Crippen LogP contribution in [0.1, 0.15) is 24.0 Å². The monoisotopic (exact) mass is 300 g/mol. The number of ketones is 1. The van der Waals surface area contributed by atoms with Crippen LogP contribution < -0.4 is 4.74 Å². The Labute approximate surface area is 130 Å². The van der Waals surface area contributed by atoms with Gasteiger partial charge in [-0.25, -0.2) is 0 Å². The number of allylic oxidation sites excluding steroid dienone is 1. The normalized spacial score (nSPS) is 32.6. The molecular weight excluding hydrogens is 280 g/mol. The van der Waals surface area contributed by atoms with Crippen LogP contribution in [0.5, 0.6) is 5.75 Å². The fourth-order valence-electron chi connectivity index (χ4n) is 4.35. The minimum absolute atomic E-state index is 0.0507. The van der Waals surface area contributed by atoms with Gasteiger partial charge in [-0.15, -0.1) is 0 Å². The predicted octanol–water partition coefficient (Wildman–Crippen LogP) is 2.74. The molecule has 0 amide bonds. The molecule has 2 saturated heterocycles. The van der Waals surface area contributed by atoms with Crippen molar-refractivity contribution in [2.75, 3.05) is 14.2 Å². The molecule has 116 valence electrons. The van der Waals surface area contributed by atoms with Crippen molar-refractivity contribution in [1.82, 2.24) is 0 Å². The van der Waals surface area contributed by atoms with Crippen LogP contribution in [0.4, 0.5) is 0 Å². The average Bonchev–Trinajstić information content (AvgIpc) is 3.19. The lowest BCUT2D eigenvalue weighted by Gasteiger charge is -2.21. The molecule has 22 heavy (non-hydrogen) atoms. The molecule has 2 fully saturated rings. The molecule has 3 aliphatic rings. The summed E-state index contributed by atoms with van der Waals surface area (Å²) in [4.78, 5) is 13.0. The summed E-state index contributed by atoms with van der Waals surface area (Å²) in [5.41, 5.74) is 2.74. The highest BCUT2D eigenvalue weighted by molar-refractivity contribution is 6.25. The minimum atomic E-state index is -0.0507. The Morgan fingerprint density at radius 2 is 1.82 bits per heavy atom. The summed E-state index contributed by atoms with van der Waals surface area (Å²) in [7, 11) is 3.31. The van der Waals surface area contributed by atoms with E-state index < -0.39 is 0 Å². The van der Waals surface area contributed by atoms with Gasteiger partial charge in [-0.3, -0.25) is 4.79 Å². The van der Waals surface area contributed by atoms with Crippen LogP contribution in [0.25, 0.3) is 5.57 Å². The summed E-state index contributed by atoms with van der Waals surface area (Å²) in [6.45, 7) is 2.00. The summed E-state index contributed by atoms with van der Waals surface area (Å²) >= 11 is 0. The molecule has 2 heterocycles. The van der Waals surface area contributed by atoms with Crippen molar-refractivity contribution in [1.29, 1.82) is 0 Å². The van der Waals surface area contributed by atoms with Gasteiger partial charge in [0.15, 0.2) is 5.78 Å². The Hall–Kier alpha value is -1.81. The number of rotatable bonds is 3. The highest BCUT2D eigenvalue weighted by atomic mass is 16.5. The first-order valence-corrected chi connectivity index (χ1v) is 7.78. The number of aryl methyl sites for hydroxylation is 1. The van der Waals surface area contributed by atoms with Gasteiger partial charge in [0.25, 0.3) is 0 Å². The Balaban J connectivity index is 1.83. The molecule has 4 atom stereocenters. The van der Waals surface area contributed by atoms with Gasteiger partial charge in [-0.1, -0.05) is 6.07 Å². The van der Waals surface area contributed by atoms with Crippen molar-refractivity contribution in [3.8, 4) is 5.75 Å². The molecule has 4 rings (SSSR count). The molecule has 2 unspecified atom stereocenters. The number of hydrogen-bond donors (Lipinski definition) is 0. The third-order valence-corrected chi connectivity index (χ3v) is 5.29. The molecule has 0 N–H and O–H groups in total. The number of fused-ring (bicyclic) bond motifs is 5. The van der Waals surface area contributed by atoms with Crippen LogP contribution >= 0.6 is 0 Å². The lowest BCUT2D eigenvalue weighted by Crippen LogP contribution is -2.29. The topological polar surface area (TPSA) is 44.8 Å². The second-order valence-electron chi connectivity index (χ2n) is 6.33. The zero-order valence-corrected chi connectivity index (χ0v) is 13.1. The van der Waals surface area contributed by atoms with Crippen LogP contribution in [-0.2, 0) is 14.3 Å². The van der Waals surface area contributed by atoms with E-state index in [1.807, 2.05) is 25.1 Å². The van der Waals surface area contributed by atoms with Gasteiger partial charge < -0.3 is 14.2 Å². The number of methoxy groups -OCH3 is 2. The summed E-state index contributed by atoms with van der Waals surface area (Å²) in [6.07, 6.45) is 2.23. The first-order valence-electron chi connectivity index (χ1n) is 7.78. The van der Waals surface area contributed by atoms with Gasteiger partial charge in [0.1, 0.15) is 11.5 Å². The van der Waals surface area contributed by atoms with Gasteiger partial charge >= 0.3 is 0 Å². The van der Waals surface area contributed by atoms with E-state index in [0.29, 0.717) is 0 Å². The minimum Gasteiger partial charge on any atom is -0.500 e. The van der Waals surface area contributed by atoms with Crippen LogP contribution in [0.2, 0.25) is 0 Å². The standard InChI is InChI=1S/C18H20O4/c1-9-8-10(20-2)4-5-11(9)14-17(19)15-12-6-7-13(22-12)16(15)18(14)21-3/h4-5,8,12-13,15-16H,6-7H2,1-3H3/t12?,13?,15-,16+/m0/s1. The summed E-state index contributed by atoms with van der Waals surface area (Å²) in [5, 5.41) is 0. The second-order valence-corrected chi connectivity index (χ2v) is 6.33. The highest BCUT2D eigenvalue weighted by Crippen LogP contribution is 2.54. The smallest absolute Gasteiger partial charge is 0.173 e. The first-order chi connectivity index (χ1) is 10.7. The van der Waals surface area contributed by atoms with Crippen LogP contribution in [0.3, 0.4) is 0 Å². The predicted molar refractivity (Wildman–Crippen MR) is 81.5 cm³/mol. The summed E-state index contributed by atoms with van der Waals surface area (Å²) < 4.78 is 16.9. The summed E-state index contributed by atoms with van der Waals surface area (Å²) in [5.74, 6) is 1.85. The Kier molecular flexibility index (Phi) is 3.05. The molecule has 0 radical (unpaired) electrons. The molecule has 1 aromatic rings. The van der Waals surface area contributed by atoms with E-state index in [9.17, 15) is 4.79 Å². The largest absolute Gasteiger partial charge is 0.500 e. The van der Waals surface area contributed by atoms with E-state index in [1.165, 1.54) is 0 Å². The van der Waals surface area contributed by atoms with E-state index in [0.717, 1.165) is 41.1 Å². The fraction of sp³-hybridized carbons (Fsp3) is 0.500. The fourth-order valence-corrected chi connectivity index (χ4v) is 4.35. The molecule has 1 aliphatic carbocycles. The van der Waals surface area contributed by atoms with Gasteiger partial charge in [0, 0.05) is 0 Å². The van der Waals surface area contributed by atoms with E-state index in [4.69, 9.17) is 14.2 Å². The molecule has 4 nitrogen and oxygen atoms in total. The van der Waals surface area contributed by atoms with E-state index in [1.54, 1.807) is 14.2 Å². The van der Waals surface area contributed by atoms with Crippen molar-refractivity contribution < 1.29 is 19.0 Å². The number of ether oxygens (including phenoxy) is 3. The van der Waals surface area contributed by atoms with Gasteiger partial charge in [-0.2, -0.15) is 0 Å². The van der Waals surface area contributed by atoms with Crippen molar-refractivity contribution in [2.45, 2.75) is 32.0 Å². The Bertz CT molecular complexity index is 676. The number of hydrogen-bond acceptors (Lipinski definition) is 4. The van der Waals surface area contributed by atoms with Gasteiger partial charge in [0.05, 0.1) is 43.8 Å². The SMILES string of the molecule is COC1=C(c2ccc(OC)cc2C)C(=O)[C@H]2C3CCC(O3)[C@@H]12. The molecule has 0 saturated carbocycles. The molecule has 1 aromatic carbocycles. The lowest BCUT2D eigenvalue weighted by molar-refractivity contribution is -0.118. The van der Waals surface area contributed by atoms with Crippen molar-refractivity contribution >= 4 is 11.4 Å². The van der Waals surface area contributed by atoms with E-state index in [2.05, 4.69) is 0 Å². The number of carbonyl (C=O) groups is 1. The van der Waals surface area contributed by atoms with E-state index >= 15 is 0 Å². The highest BCUT2D eigenvalue weighted by Gasteiger charge is 2.59. The second kappa shape index (κ2) is 4.85. The van der Waals surface area contributed by atoms with Crippen LogP contribution in [-0.4, -0.2) is 32.2 Å². The van der Waals surface area contributed by atoms with Crippen molar-refractivity contribution in [3.05, 3.63) is 35.1 Å². The molecular formula is C18H20O4. The number of Topliss-reactive ketones (excluding diaryl/α,β-unsaturated/α-hetero) is 1. The number of carbonyl (C=O) groups excluding carboxylic acids is 1. The van der Waals surface area contributed by atoms with Crippen LogP contribution in [0, 0.1) is 18.8 Å². The first kappa shape index (κ1) is 13.8. The lowest BCUT2D eigenvalue weighted by atomic mass is 9.80. The Morgan fingerprint density at radius 1 is 1.09 bits per heavy atom. The third-order valence-electron chi connectivity index (χ3n) is 5.29. The quantitative estimate of drug-likeness (QED) is 0.861. The molecule has 4 heteroatoms. The Morgan fingerprint density at radius 3 is 2.45 bits per heavy atom. The maximum absolute atomic E-state index is 13.0. The molecule has 2 aliphatic heterocycles. The molecule has 2 bridgehead atoms. The van der Waals surface area contributed by atoms with E-state index in [-0.39, 0.29) is 29.8 Å². The summed E-state index contributed by atoms with van der Waals surface area (Å²) in [6, 6.07) is 5.82. The average molecular weight is 300 g/mol. The van der Waals surface area contributed by atoms with Gasteiger partial charge in [-0.05, 0) is 43.0 Å². The molecule has 0 aromatic heterocycles. The maximum Gasteiger partial charge on any atom is 0.173 e. The third kappa shape index (κ3) is 1.70. The van der Waals surface area contributed by atoms with Crippen molar-refractivity contribution in [3.63, 3.8) is 0 Å².